The molecule has 0 radical (unpaired) electrons. The smallest absolute Gasteiger partial charge is 0.143 e. The van der Waals surface area contributed by atoms with Crippen molar-refractivity contribution in [2.75, 3.05) is 0 Å². The van der Waals surface area contributed by atoms with E-state index in [2.05, 4.69) is 35.2 Å². The molecular weight excluding hydrogens is 232 g/mol. The Bertz CT molecular complexity index is 638. The molecule has 2 aromatic rings. The van der Waals surface area contributed by atoms with Crippen LogP contribution in [0.15, 0.2) is 60.8 Å². The number of nitrogens with zero attached hydrogens (tertiary/aromatic N) is 2. The van der Waals surface area contributed by atoms with Crippen LogP contribution < -0.4 is 0 Å². The lowest BCUT2D eigenvalue weighted by Crippen LogP contribution is -2.25. The molecule has 3 rings (SSSR count). The molecule has 2 heteroatoms. The van der Waals surface area contributed by atoms with Crippen molar-refractivity contribution in [2.45, 2.75) is 12.6 Å². The van der Waals surface area contributed by atoms with Crippen molar-refractivity contribution in [1.29, 1.82) is 5.26 Å². The summed E-state index contributed by atoms with van der Waals surface area (Å²) in [7, 11) is 0. The maximum atomic E-state index is 9.46. The number of hydrogen-bond acceptors (Lipinski definition) is 2. The Hall–Kier alpha value is -2.53. The van der Waals surface area contributed by atoms with Crippen molar-refractivity contribution in [3.63, 3.8) is 0 Å². The molecule has 92 valence electrons. The second-order valence-electron chi connectivity index (χ2n) is 4.63. The Morgan fingerprint density at radius 1 is 1.00 bits per heavy atom. The molecule has 2 aromatic carbocycles. The Kier molecular flexibility index (Phi) is 3.04. The van der Waals surface area contributed by atoms with Gasteiger partial charge in [-0.1, -0.05) is 54.6 Å². The van der Waals surface area contributed by atoms with E-state index in [-0.39, 0.29) is 6.04 Å². The van der Waals surface area contributed by atoms with Gasteiger partial charge in [-0.05, 0) is 22.8 Å². The van der Waals surface area contributed by atoms with E-state index in [4.69, 9.17) is 0 Å². The molecule has 0 saturated carbocycles. The van der Waals surface area contributed by atoms with Crippen LogP contribution in [0.4, 0.5) is 0 Å². The summed E-state index contributed by atoms with van der Waals surface area (Å²) in [5, 5.41) is 9.46. The van der Waals surface area contributed by atoms with Gasteiger partial charge in [-0.3, -0.25) is 0 Å². The van der Waals surface area contributed by atoms with Crippen molar-refractivity contribution in [3.8, 4) is 6.07 Å². The lowest BCUT2D eigenvalue weighted by molar-refractivity contribution is 0.321. The third kappa shape index (κ3) is 2.23. The average molecular weight is 246 g/mol. The fourth-order valence-electron chi connectivity index (χ4n) is 2.43. The quantitative estimate of drug-likeness (QED) is 0.807. The maximum Gasteiger partial charge on any atom is 0.143 e. The van der Waals surface area contributed by atoms with E-state index in [1.54, 1.807) is 0 Å². The Balaban J connectivity index is 1.91. The van der Waals surface area contributed by atoms with Crippen LogP contribution in [-0.2, 0) is 6.54 Å². The normalized spacial score (nSPS) is 16.8. The zero-order valence-electron chi connectivity index (χ0n) is 10.5. The lowest BCUT2D eigenvalue weighted by Gasteiger charge is -2.30. The van der Waals surface area contributed by atoms with Crippen molar-refractivity contribution in [1.82, 2.24) is 4.90 Å². The topological polar surface area (TPSA) is 27.0 Å². The molecule has 1 aliphatic rings. The van der Waals surface area contributed by atoms with E-state index in [0.29, 0.717) is 0 Å². The van der Waals surface area contributed by atoms with Gasteiger partial charge in [0.2, 0.25) is 0 Å². The van der Waals surface area contributed by atoms with Gasteiger partial charge in [0.15, 0.2) is 0 Å². The monoisotopic (exact) mass is 246 g/mol. The van der Waals surface area contributed by atoms with E-state index in [9.17, 15) is 5.26 Å². The van der Waals surface area contributed by atoms with Gasteiger partial charge in [-0.25, -0.2) is 0 Å². The summed E-state index contributed by atoms with van der Waals surface area (Å²) in [5.41, 5.74) is 3.44. The summed E-state index contributed by atoms with van der Waals surface area (Å²) in [6, 6.07) is 20.5. The van der Waals surface area contributed by atoms with Crippen LogP contribution >= 0.6 is 0 Å². The van der Waals surface area contributed by atoms with Gasteiger partial charge < -0.3 is 4.90 Å². The predicted octanol–water partition coefficient (Wildman–Crippen LogP) is 3.74. The highest BCUT2D eigenvalue weighted by atomic mass is 15.1. The minimum atomic E-state index is -0.207. The first-order valence-electron chi connectivity index (χ1n) is 6.35. The first-order valence-corrected chi connectivity index (χ1v) is 6.35. The highest BCUT2D eigenvalue weighted by Crippen LogP contribution is 2.30. The number of hydrogen-bond donors (Lipinski definition) is 0. The lowest BCUT2D eigenvalue weighted by atomic mass is 9.96. The Morgan fingerprint density at radius 2 is 1.74 bits per heavy atom. The number of rotatable bonds is 2. The zero-order chi connectivity index (χ0) is 13.1. The molecule has 1 heterocycles. The number of benzene rings is 2. The minimum absolute atomic E-state index is 0.207. The molecule has 0 fully saturated rings. The predicted molar refractivity (Wildman–Crippen MR) is 75.8 cm³/mol. The molecule has 1 aliphatic heterocycles. The van der Waals surface area contributed by atoms with Gasteiger partial charge in [-0.2, -0.15) is 5.26 Å². The van der Waals surface area contributed by atoms with Crippen LogP contribution in [-0.4, -0.2) is 4.90 Å². The zero-order valence-corrected chi connectivity index (χ0v) is 10.5. The fraction of sp³-hybridized carbons (Fsp3) is 0.118. The molecule has 0 amide bonds. The third-order valence-corrected chi connectivity index (χ3v) is 3.40. The van der Waals surface area contributed by atoms with E-state index in [1.165, 1.54) is 5.56 Å². The van der Waals surface area contributed by atoms with Crippen molar-refractivity contribution < 1.29 is 0 Å². The van der Waals surface area contributed by atoms with Gasteiger partial charge in [-0.15, -0.1) is 0 Å². The Morgan fingerprint density at radius 3 is 2.53 bits per heavy atom. The molecule has 0 spiro atoms. The first-order chi connectivity index (χ1) is 9.38. The minimum Gasteiger partial charge on any atom is -0.354 e. The molecule has 0 aromatic heterocycles. The second kappa shape index (κ2) is 4.99. The van der Waals surface area contributed by atoms with Crippen LogP contribution in [0.2, 0.25) is 0 Å². The molecular formula is C17H14N2. The molecule has 2 nitrogen and oxygen atoms in total. The summed E-state index contributed by atoms with van der Waals surface area (Å²) in [5.74, 6) is 0. The molecule has 0 N–H and O–H groups in total. The first kappa shape index (κ1) is 11.6. The summed E-state index contributed by atoms with van der Waals surface area (Å²) in [4.78, 5) is 2.08. The standard InChI is InChI=1S/C17H14N2/c18-12-17-16-9-5-4-8-15(16)10-11-19(17)13-14-6-2-1-3-7-14/h1-11,17H,13H2. The molecule has 1 unspecified atom stereocenters. The average Bonchev–Trinajstić information content (AvgIpc) is 2.48. The van der Waals surface area contributed by atoms with Gasteiger partial charge in [0.25, 0.3) is 0 Å². The SMILES string of the molecule is N#CC1c2ccccc2C=CN1Cc1ccccc1. The number of nitriles is 1. The molecule has 0 saturated heterocycles. The van der Waals surface area contributed by atoms with Gasteiger partial charge in [0.1, 0.15) is 6.04 Å². The van der Waals surface area contributed by atoms with E-state index in [1.807, 2.05) is 42.6 Å². The largest absolute Gasteiger partial charge is 0.354 e. The van der Waals surface area contributed by atoms with E-state index < -0.39 is 0 Å². The van der Waals surface area contributed by atoms with Crippen molar-refractivity contribution >= 4 is 6.08 Å². The highest BCUT2D eigenvalue weighted by Gasteiger charge is 2.22. The molecule has 0 aliphatic carbocycles. The second-order valence-corrected chi connectivity index (χ2v) is 4.63. The van der Waals surface area contributed by atoms with Gasteiger partial charge in [0, 0.05) is 12.7 Å². The highest BCUT2D eigenvalue weighted by molar-refractivity contribution is 5.58. The summed E-state index contributed by atoms with van der Waals surface area (Å²) in [6.07, 6.45) is 4.09. The van der Waals surface area contributed by atoms with E-state index >= 15 is 0 Å². The van der Waals surface area contributed by atoms with Crippen LogP contribution in [0.3, 0.4) is 0 Å². The summed E-state index contributed by atoms with van der Waals surface area (Å²) >= 11 is 0. The fourth-order valence-corrected chi connectivity index (χ4v) is 2.43. The van der Waals surface area contributed by atoms with E-state index in [0.717, 1.165) is 17.7 Å². The maximum absolute atomic E-state index is 9.46. The number of fused-ring (bicyclic) bond motifs is 1. The van der Waals surface area contributed by atoms with Crippen LogP contribution in [0.1, 0.15) is 22.7 Å². The van der Waals surface area contributed by atoms with Crippen LogP contribution in [0, 0.1) is 11.3 Å². The summed E-state index contributed by atoms with van der Waals surface area (Å²) < 4.78 is 0. The molecule has 1 atom stereocenters. The van der Waals surface area contributed by atoms with Gasteiger partial charge in [0.05, 0.1) is 6.07 Å². The molecule has 0 bridgehead atoms. The van der Waals surface area contributed by atoms with Crippen molar-refractivity contribution in [3.05, 3.63) is 77.5 Å². The van der Waals surface area contributed by atoms with Crippen LogP contribution in [0.5, 0.6) is 0 Å². The van der Waals surface area contributed by atoms with Crippen molar-refractivity contribution in [2.24, 2.45) is 0 Å². The third-order valence-electron chi connectivity index (χ3n) is 3.40. The Labute approximate surface area is 113 Å². The van der Waals surface area contributed by atoms with Gasteiger partial charge >= 0.3 is 0 Å². The molecule has 19 heavy (non-hydrogen) atoms. The summed E-state index contributed by atoms with van der Waals surface area (Å²) in [6.45, 7) is 0.754. The van der Waals surface area contributed by atoms with Crippen LogP contribution in [0.25, 0.3) is 6.08 Å².